The molecule has 0 aromatic carbocycles. The highest BCUT2D eigenvalue weighted by molar-refractivity contribution is 5.94. The first-order valence-electron chi connectivity index (χ1n) is 6.54. The van der Waals surface area contributed by atoms with Gasteiger partial charge in [0.05, 0.1) is 6.61 Å². The van der Waals surface area contributed by atoms with Crippen LogP contribution in [0.2, 0.25) is 0 Å². The third-order valence-electron chi connectivity index (χ3n) is 4.08. The number of nitrogens with two attached hydrogens (primary N) is 1. The van der Waals surface area contributed by atoms with Gasteiger partial charge in [-0.1, -0.05) is 6.92 Å². The molecule has 2 aliphatic rings. The quantitative estimate of drug-likeness (QED) is 0.306. The zero-order valence-electron chi connectivity index (χ0n) is 11.0. The van der Waals surface area contributed by atoms with Crippen molar-refractivity contribution in [2.75, 3.05) is 6.61 Å². The molecule has 4 N–H and O–H groups in total. The number of allylic oxidation sites excluding steroid dienone is 1. The van der Waals surface area contributed by atoms with Gasteiger partial charge in [-0.3, -0.25) is 5.41 Å². The summed E-state index contributed by atoms with van der Waals surface area (Å²) in [5, 5.41) is 9.98. The first-order chi connectivity index (χ1) is 8.52. The second kappa shape index (κ2) is 5.00. The lowest BCUT2D eigenvalue weighted by Gasteiger charge is -2.22. The van der Waals surface area contributed by atoms with Crippen LogP contribution in [0.15, 0.2) is 11.3 Å². The van der Waals surface area contributed by atoms with E-state index in [-0.39, 0.29) is 11.9 Å². The summed E-state index contributed by atoms with van der Waals surface area (Å²) < 4.78 is 5.04. The molecule has 2 aliphatic carbocycles. The van der Waals surface area contributed by atoms with Crippen LogP contribution in [0.3, 0.4) is 0 Å². The summed E-state index contributed by atoms with van der Waals surface area (Å²) in [6.45, 7) is 4.38. The predicted molar refractivity (Wildman–Crippen MR) is 68.7 cm³/mol. The van der Waals surface area contributed by atoms with Gasteiger partial charge in [-0.05, 0) is 49.5 Å². The Kier molecular flexibility index (Phi) is 3.59. The first kappa shape index (κ1) is 12.9. The molecular weight excluding hydrogens is 230 g/mol. The second-order valence-corrected chi connectivity index (χ2v) is 5.27. The number of carbonyl (C=O) groups excluding carboxylic acids is 1. The van der Waals surface area contributed by atoms with Crippen LogP contribution in [0.5, 0.6) is 0 Å². The molecule has 0 amide bonds. The average Bonchev–Trinajstić information content (AvgIpc) is 2.84. The number of rotatable bonds is 3. The fraction of sp³-hybridized carbons (Fsp3) is 0.692. The third kappa shape index (κ3) is 2.35. The van der Waals surface area contributed by atoms with Crippen molar-refractivity contribution in [1.29, 1.82) is 5.41 Å². The van der Waals surface area contributed by atoms with Crippen molar-refractivity contribution >= 4 is 11.9 Å². The summed E-state index contributed by atoms with van der Waals surface area (Å²) in [5.74, 6) is 1.27. The molecule has 5 nitrogen and oxygen atoms in total. The van der Waals surface area contributed by atoms with Crippen molar-refractivity contribution in [3.63, 3.8) is 0 Å². The number of hydrogen-bond donors (Lipinski definition) is 3. The van der Waals surface area contributed by atoms with Crippen LogP contribution < -0.4 is 11.1 Å². The van der Waals surface area contributed by atoms with Crippen LogP contribution >= 0.6 is 0 Å². The fourth-order valence-electron chi connectivity index (χ4n) is 3.26. The Morgan fingerprint density at radius 2 is 2.28 bits per heavy atom. The van der Waals surface area contributed by atoms with Gasteiger partial charge in [0.15, 0.2) is 5.96 Å². The van der Waals surface area contributed by atoms with Crippen molar-refractivity contribution in [2.45, 2.75) is 33.1 Å². The van der Waals surface area contributed by atoms with E-state index in [1.54, 1.807) is 6.92 Å². The zero-order chi connectivity index (χ0) is 13.3. The maximum Gasteiger partial charge on any atom is 0.354 e. The van der Waals surface area contributed by atoms with E-state index in [0.29, 0.717) is 24.1 Å². The van der Waals surface area contributed by atoms with Crippen LogP contribution in [-0.4, -0.2) is 18.5 Å². The summed E-state index contributed by atoms with van der Waals surface area (Å²) >= 11 is 0. The van der Waals surface area contributed by atoms with Crippen LogP contribution in [0.25, 0.3) is 0 Å². The lowest BCUT2D eigenvalue weighted by atomic mass is 9.86. The molecule has 0 saturated heterocycles. The van der Waals surface area contributed by atoms with Gasteiger partial charge in [-0.2, -0.15) is 0 Å². The molecule has 2 fully saturated rings. The number of ether oxygens (including phenoxy) is 1. The Morgan fingerprint density at radius 3 is 2.72 bits per heavy atom. The minimum Gasteiger partial charge on any atom is -0.461 e. The molecule has 0 radical (unpaired) electrons. The van der Waals surface area contributed by atoms with Crippen molar-refractivity contribution in [3.05, 3.63) is 11.3 Å². The summed E-state index contributed by atoms with van der Waals surface area (Å²) in [4.78, 5) is 11.9. The SMILES string of the molecule is CCOC(=O)C(NC(=N)N)=C1CC2CC1CC2C. The van der Waals surface area contributed by atoms with Gasteiger partial charge in [0.25, 0.3) is 0 Å². The van der Waals surface area contributed by atoms with E-state index in [2.05, 4.69) is 12.2 Å². The highest BCUT2D eigenvalue weighted by Crippen LogP contribution is 2.52. The summed E-state index contributed by atoms with van der Waals surface area (Å²) in [6, 6.07) is 0. The van der Waals surface area contributed by atoms with Crippen molar-refractivity contribution in [2.24, 2.45) is 23.5 Å². The molecule has 0 spiro atoms. The smallest absolute Gasteiger partial charge is 0.354 e. The monoisotopic (exact) mass is 251 g/mol. The minimum absolute atomic E-state index is 0.207. The maximum atomic E-state index is 11.9. The van der Waals surface area contributed by atoms with E-state index in [0.717, 1.165) is 30.8 Å². The van der Waals surface area contributed by atoms with Crippen LogP contribution in [0, 0.1) is 23.2 Å². The zero-order valence-corrected chi connectivity index (χ0v) is 11.0. The molecule has 100 valence electrons. The van der Waals surface area contributed by atoms with Gasteiger partial charge in [-0.25, -0.2) is 4.79 Å². The fourth-order valence-corrected chi connectivity index (χ4v) is 3.26. The predicted octanol–water partition coefficient (Wildman–Crippen LogP) is 1.35. The molecule has 0 aromatic heterocycles. The largest absolute Gasteiger partial charge is 0.461 e. The molecule has 5 heteroatoms. The molecule has 18 heavy (non-hydrogen) atoms. The van der Waals surface area contributed by atoms with Crippen LogP contribution in [-0.2, 0) is 9.53 Å². The second-order valence-electron chi connectivity index (χ2n) is 5.27. The highest BCUT2D eigenvalue weighted by Gasteiger charge is 2.42. The molecular formula is C13H21N3O2. The molecule has 2 rings (SSSR count). The molecule has 0 heterocycles. The standard InChI is InChI=1S/C13H21N3O2/c1-3-18-12(17)11(16-13(14)15)10-6-8-5-9(10)4-7(8)2/h7-9H,3-6H2,1-2H3,(H4,14,15,16). The van der Waals surface area contributed by atoms with Crippen molar-refractivity contribution in [1.82, 2.24) is 5.32 Å². The lowest BCUT2D eigenvalue weighted by molar-refractivity contribution is -0.138. The lowest BCUT2D eigenvalue weighted by Crippen LogP contribution is -2.35. The van der Waals surface area contributed by atoms with E-state index in [4.69, 9.17) is 15.9 Å². The Hall–Kier alpha value is -1.52. The highest BCUT2D eigenvalue weighted by atomic mass is 16.5. The van der Waals surface area contributed by atoms with Gasteiger partial charge in [0, 0.05) is 0 Å². The topological polar surface area (TPSA) is 88.2 Å². The maximum absolute atomic E-state index is 11.9. The molecule has 0 aromatic rings. The van der Waals surface area contributed by atoms with E-state index in [1.165, 1.54) is 0 Å². The van der Waals surface area contributed by atoms with Gasteiger partial charge >= 0.3 is 5.97 Å². The van der Waals surface area contributed by atoms with Gasteiger partial charge in [-0.15, -0.1) is 0 Å². The minimum atomic E-state index is -0.386. The normalized spacial score (nSPS) is 32.2. The van der Waals surface area contributed by atoms with E-state index >= 15 is 0 Å². The number of fused-ring (bicyclic) bond motifs is 2. The summed E-state index contributed by atoms with van der Waals surface area (Å²) in [5.41, 5.74) is 6.86. The Bertz CT molecular complexity index is 401. The molecule has 2 saturated carbocycles. The number of nitrogens with one attached hydrogen (secondary N) is 2. The molecule has 0 aliphatic heterocycles. The Morgan fingerprint density at radius 1 is 1.56 bits per heavy atom. The van der Waals surface area contributed by atoms with E-state index < -0.39 is 0 Å². The van der Waals surface area contributed by atoms with Gasteiger partial charge in [0.1, 0.15) is 5.70 Å². The van der Waals surface area contributed by atoms with E-state index in [1.807, 2.05) is 0 Å². The van der Waals surface area contributed by atoms with Crippen LogP contribution in [0.1, 0.15) is 33.1 Å². The third-order valence-corrected chi connectivity index (χ3v) is 4.08. The number of esters is 1. The van der Waals surface area contributed by atoms with Crippen molar-refractivity contribution < 1.29 is 9.53 Å². The van der Waals surface area contributed by atoms with Gasteiger partial charge < -0.3 is 15.8 Å². The number of hydrogen-bond acceptors (Lipinski definition) is 3. The molecule has 3 unspecified atom stereocenters. The Labute approximate surface area is 107 Å². The summed E-state index contributed by atoms with van der Waals surface area (Å²) in [6.07, 6.45) is 3.21. The molecule has 3 atom stereocenters. The van der Waals surface area contributed by atoms with Gasteiger partial charge in [0.2, 0.25) is 0 Å². The number of carbonyl (C=O) groups is 1. The molecule has 2 bridgehead atoms. The summed E-state index contributed by atoms with van der Waals surface area (Å²) in [7, 11) is 0. The Balaban J connectivity index is 2.23. The first-order valence-corrected chi connectivity index (χ1v) is 6.54. The van der Waals surface area contributed by atoms with Crippen LogP contribution in [0.4, 0.5) is 0 Å². The van der Waals surface area contributed by atoms with E-state index in [9.17, 15) is 4.79 Å². The average molecular weight is 251 g/mol. The number of guanidine groups is 1. The van der Waals surface area contributed by atoms with Crippen molar-refractivity contribution in [3.8, 4) is 0 Å².